The third-order valence-electron chi connectivity index (χ3n) is 7.32. The highest BCUT2D eigenvalue weighted by atomic mass is 32.2. The molecule has 0 saturated heterocycles. The van der Waals surface area contributed by atoms with Gasteiger partial charge in [0.15, 0.2) is 0 Å². The topological polar surface area (TPSA) is 104 Å². The van der Waals surface area contributed by atoms with Crippen LogP contribution in [0.4, 0.5) is 21.5 Å². The number of rotatable bonds is 4. The van der Waals surface area contributed by atoms with Gasteiger partial charge in [0.25, 0.3) is 0 Å². The lowest BCUT2D eigenvalue weighted by molar-refractivity contribution is 0.0703. The van der Waals surface area contributed by atoms with Crippen LogP contribution >= 0.6 is 11.3 Å². The number of nitrogens with two attached hydrogens (primary N) is 1. The number of fused-ring (bicyclic) bond motifs is 1. The van der Waals surface area contributed by atoms with E-state index in [-0.39, 0.29) is 43.5 Å². The molecule has 10 heteroatoms. The first-order chi connectivity index (χ1) is 17.2. The second-order valence-electron chi connectivity index (χ2n) is 9.43. The molecule has 36 heavy (non-hydrogen) atoms. The molecule has 5 rings (SSSR count). The number of para-hydroxylation sites is 1. The molecule has 0 amide bonds. The van der Waals surface area contributed by atoms with Crippen LogP contribution in [0.15, 0.2) is 53.4 Å². The zero-order valence-electron chi connectivity index (χ0n) is 19.9. The van der Waals surface area contributed by atoms with E-state index in [9.17, 15) is 18.3 Å². The van der Waals surface area contributed by atoms with Gasteiger partial charge < -0.3 is 15.7 Å². The van der Waals surface area contributed by atoms with Crippen molar-refractivity contribution >= 4 is 44.4 Å². The number of benzene rings is 2. The predicted molar refractivity (Wildman–Crippen MR) is 140 cm³/mol. The third-order valence-corrected chi connectivity index (χ3v) is 10.4. The number of carboxylic acids is 1. The van der Waals surface area contributed by atoms with Gasteiger partial charge in [0.1, 0.15) is 15.6 Å². The molecule has 0 bridgehead atoms. The fraction of sp³-hybridized carbons (Fsp3) is 0.346. The number of sulfonamides is 1. The van der Waals surface area contributed by atoms with Crippen molar-refractivity contribution in [3.05, 3.63) is 59.2 Å². The number of hydrogen-bond donors (Lipinski definition) is 2. The quantitative estimate of drug-likeness (QED) is 0.459. The predicted octanol–water partition coefficient (Wildman–Crippen LogP) is 5.56. The van der Waals surface area contributed by atoms with E-state index in [2.05, 4.69) is 0 Å². The Bertz CT molecular complexity index is 1400. The van der Waals surface area contributed by atoms with E-state index in [0.717, 1.165) is 49.1 Å². The zero-order chi connectivity index (χ0) is 25.6. The Morgan fingerprint density at radius 2 is 1.81 bits per heavy atom. The number of nitrogens with zero attached hydrogens (tertiary/aromatic N) is 2. The molecule has 3 N–H and O–H groups in total. The molecule has 2 heterocycles. The number of thiophene rings is 1. The normalized spacial score (nSPS) is 20.6. The van der Waals surface area contributed by atoms with Crippen LogP contribution in [0.25, 0.3) is 10.4 Å². The third kappa shape index (κ3) is 4.27. The second-order valence-corrected chi connectivity index (χ2v) is 12.5. The van der Waals surface area contributed by atoms with Gasteiger partial charge in [-0.05, 0) is 49.1 Å². The summed E-state index contributed by atoms with van der Waals surface area (Å²) in [6.07, 6.45) is 5.19. The Hall–Kier alpha value is -2.95. The Kier molecular flexibility index (Phi) is 6.52. The highest BCUT2D eigenvalue weighted by molar-refractivity contribution is 7.89. The van der Waals surface area contributed by atoms with E-state index < -0.39 is 21.8 Å². The molecule has 0 unspecified atom stereocenters. The van der Waals surface area contributed by atoms with Gasteiger partial charge in [-0.25, -0.2) is 17.6 Å². The van der Waals surface area contributed by atoms with Crippen molar-refractivity contribution in [3.63, 3.8) is 0 Å². The molecular weight excluding hydrogens is 501 g/mol. The summed E-state index contributed by atoms with van der Waals surface area (Å²) in [5.41, 5.74) is 6.92. The van der Waals surface area contributed by atoms with Crippen molar-refractivity contribution in [2.24, 2.45) is 5.92 Å². The number of carbonyl (C=O) groups is 1. The summed E-state index contributed by atoms with van der Waals surface area (Å²) in [5.74, 6) is -1.64. The van der Waals surface area contributed by atoms with Gasteiger partial charge in [-0.2, -0.15) is 4.31 Å². The average molecular weight is 530 g/mol. The van der Waals surface area contributed by atoms with Crippen molar-refractivity contribution in [2.45, 2.75) is 43.0 Å². The number of halogens is 1. The van der Waals surface area contributed by atoms with Crippen LogP contribution in [-0.2, 0) is 10.0 Å². The lowest BCUT2D eigenvalue weighted by atomic mass is 9.83. The molecule has 1 aliphatic heterocycles. The first kappa shape index (κ1) is 24.7. The van der Waals surface area contributed by atoms with Crippen LogP contribution in [0.1, 0.15) is 41.8 Å². The molecule has 0 radical (unpaired) electrons. The molecule has 190 valence electrons. The van der Waals surface area contributed by atoms with E-state index in [1.54, 1.807) is 7.05 Å². The first-order valence-electron chi connectivity index (χ1n) is 12.0. The van der Waals surface area contributed by atoms with E-state index in [1.807, 2.05) is 35.2 Å². The summed E-state index contributed by atoms with van der Waals surface area (Å²) in [5, 5.41) is 9.38. The van der Waals surface area contributed by atoms with Crippen molar-refractivity contribution in [2.75, 3.05) is 24.2 Å². The molecular formula is C26H28FN3O4S2. The van der Waals surface area contributed by atoms with E-state index in [1.165, 1.54) is 22.5 Å². The standard InChI is InChI=1S/C26H28FN3O4S2/c1-29-22(16-8-4-2-5-9-16)15-30(17-10-6-3-7-11-17)21-13-19(27)18(12-24(21)36(29,33)34)23-14-20(28)25(35-23)26(31)32/h3,6-7,10-14,16,22H,2,4-5,8-9,15,28H2,1H3,(H,31,32)/t22-/m0/s1. The minimum absolute atomic E-state index is 0.00703. The summed E-state index contributed by atoms with van der Waals surface area (Å²) >= 11 is 0.826. The van der Waals surface area contributed by atoms with Gasteiger partial charge in [0.2, 0.25) is 10.0 Å². The van der Waals surface area contributed by atoms with Crippen LogP contribution in [0.2, 0.25) is 0 Å². The van der Waals surface area contributed by atoms with Crippen LogP contribution in [0, 0.1) is 11.7 Å². The molecule has 1 aliphatic carbocycles. The van der Waals surface area contributed by atoms with Crippen molar-refractivity contribution in [1.29, 1.82) is 0 Å². The van der Waals surface area contributed by atoms with Gasteiger partial charge >= 0.3 is 5.97 Å². The number of aromatic carboxylic acids is 1. The largest absolute Gasteiger partial charge is 0.477 e. The number of likely N-dealkylation sites (N-methyl/N-ethyl adjacent to an activating group) is 1. The maximum absolute atomic E-state index is 15.6. The maximum Gasteiger partial charge on any atom is 0.348 e. The number of nitrogen functional groups attached to an aromatic ring is 1. The first-order valence-corrected chi connectivity index (χ1v) is 14.2. The molecule has 0 spiro atoms. The maximum atomic E-state index is 15.6. The Morgan fingerprint density at radius 1 is 1.11 bits per heavy atom. The molecule has 7 nitrogen and oxygen atoms in total. The average Bonchev–Trinajstić information content (AvgIpc) is 3.23. The fourth-order valence-electron chi connectivity index (χ4n) is 5.41. The summed E-state index contributed by atoms with van der Waals surface area (Å²) in [7, 11) is -2.37. The highest BCUT2D eigenvalue weighted by Crippen LogP contribution is 2.44. The summed E-state index contributed by atoms with van der Waals surface area (Å²) < 4.78 is 45.0. The van der Waals surface area contributed by atoms with Gasteiger partial charge in [0.05, 0.1) is 11.4 Å². The van der Waals surface area contributed by atoms with Crippen LogP contribution in [-0.4, -0.2) is 43.4 Å². The molecule has 1 saturated carbocycles. The van der Waals surface area contributed by atoms with E-state index in [4.69, 9.17) is 5.73 Å². The molecule has 1 aromatic heterocycles. The number of anilines is 3. The van der Waals surface area contributed by atoms with Crippen molar-refractivity contribution in [3.8, 4) is 10.4 Å². The molecule has 2 aromatic carbocycles. The van der Waals surface area contributed by atoms with Gasteiger partial charge in [0, 0.05) is 35.8 Å². The van der Waals surface area contributed by atoms with E-state index >= 15 is 4.39 Å². The number of hydrogen-bond acceptors (Lipinski definition) is 6. The lowest BCUT2D eigenvalue weighted by Crippen LogP contribution is -2.46. The number of carboxylic acid groups (broad SMARTS) is 1. The molecule has 1 atom stereocenters. The van der Waals surface area contributed by atoms with Crippen molar-refractivity contribution < 1.29 is 22.7 Å². The zero-order valence-corrected chi connectivity index (χ0v) is 21.5. The molecule has 2 aliphatic rings. The highest BCUT2D eigenvalue weighted by Gasteiger charge is 2.41. The Labute approximate surface area is 214 Å². The minimum atomic E-state index is -3.98. The van der Waals surface area contributed by atoms with E-state index in [0.29, 0.717) is 6.54 Å². The minimum Gasteiger partial charge on any atom is -0.477 e. The monoisotopic (exact) mass is 529 g/mol. The summed E-state index contributed by atoms with van der Waals surface area (Å²) in [4.78, 5) is 13.5. The summed E-state index contributed by atoms with van der Waals surface area (Å²) in [6, 6.07) is 13.1. The van der Waals surface area contributed by atoms with Crippen LogP contribution in [0.5, 0.6) is 0 Å². The lowest BCUT2D eigenvalue weighted by Gasteiger charge is -2.36. The van der Waals surface area contributed by atoms with Gasteiger partial charge in [-0.1, -0.05) is 37.5 Å². The summed E-state index contributed by atoms with van der Waals surface area (Å²) in [6.45, 7) is 0.408. The Morgan fingerprint density at radius 3 is 2.44 bits per heavy atom. The van der Waals surface area contributed by atoms with Gasteiger partial charge in [-0.15, -0.1) is 11.3 Å². The van der Waals surface area contributed by atoms with Crippen LogP contribution < -0.4 is 10.6 Å². The fourth-order valence-corrected chi connectivity index (χ4v) is 7.95. The smallest absolute Gasteiger partial charge is 0.348 e. The Balaban J connectivity index is 1.70. The van der Waals surface area contributed by atoms with Crippen LogP contribution in [0.3, 0.4) is 0 Å². The van der Waals surface area contributed by atoms with Gasteiger partial charge in [-0.3, -0.25) is 0 Å². The second kappa shape index (κ2) is 9.49. The SMILES string of the molecule is CN1[C@H](C2CCCCC2)CN(c2ccccc2)c2cc(F)c(-c3cc(N)c(C(=O)O)s3)cc2S1(=O)=O. The molecule has 1 fully saturated rings. The molecule has 3 aromatic rings. The van der Waals surface area contributed by atoms with Crippen molar-refractivity contribution in [1.82, 2.24) is 4.31 Å².